The Morgan fingerprint density at radius 1 is 1.16 bits per heavy atom. The van der Waals surface area contributed by atoms with Gasteiger partial charge in [0, 0.05) is 26.3 Å². The molecule has 0 N–H and O–H groups in total. The molecule has 0 aliphatic rings. The number of hydrogen-bond acceptors (Lipinski definition) is 5. The Labute approximate surface area is 117 Å². The topological polar surface area (TPSA) is 54.0 Å². The van der Waals surface area contributed by atoms with Crippen LogP contribution in [-0.2, 0) is 22.8 Å². The molecule has 0 spiro atoms. The fourth-order valence-corrected chi connectivity index (χ4v) is 3.48. The quantitative estimate of drug-likeness (QED) is 0.192. The van der Waals surface area contributed by atoms with Crippen LogP contribution in [0.1, 0.15) is 39.5 Å². The van der Waals surface area contributed by atoms with Gasteiger partial charge in [-0.2, -0.15) is 0 Å². The lowest BCUT2D eigenvalue weighted by Gasteiger charge is -2.25. The van der Waals surface area contributed by atoms with E-state index in [4.69, 9.17) is 18.0 Å². The van der Waals surface area contributed by atoms with E-state index in [-0.39, 0.29) is 6.79 Å². The standard InChI is InChI=1S/C13H26O5Si/c1-5-7-8-9-11-19(15-3,16-4)18-12-17-13(14)10-6-2/h6,10H,5,7-9,11-12H2,1-4H3. The van der Waals surface area contributed by atoms with Crippen LogP contribution < -0.4 is 0 Å². The molecule has 0 rings (SSSR count). The van der Waals surface area contributed by atoms with Gasteiger partial charge < -0.3 is 18.0 Å². The minimum absolute atomic E-state index is 0.134. The van der Waals surface area contributed by atoms with Crippen LogP contribution in [0.3, 0.4) is 0 Å². The zero-order chi connectivity index (χ0) is 14.6. The molecule has 0 bridgehead atoms. The Hall–Kier alpha value is -0.693. The SMILES string of the molecule is CC=CC(=O)OCO[Si](CCCCCC)(OC)OC. The monoisotopic (exact) mass is 290 g/mol. The predicted molar refractivity (Wildman–Crippen MR) is 75.6 cm³/mol. The van der Waals surface area contributed by atoms with E-state index in [0.717, 1.165) is 18.9 Å². The van der Waals surface area contributed by atoms with Crippen molar-refractivity contribution in [2.75, 3.05) is 21.0 Å². The molecule has 0 unspecified atom stereocenters. The summed E-state index contributed by atoms with van der Waals surface area (Å²) in [5, 5.41) is 0. The molecule has 0 radical (unpaired) electrons. The number of rotatable bonds is 11. The van der Waals surface area contributed by atoms with Crippen LogP contribution in [0.25, 0.3) is 0 Å². The summed E-state index contributed by atoms with van der Waals surface area (Å²) in [5.74, 6) is -0.427. The number of carbonyl (C=O) groups is 1. The molecule has 6 heteroatoms. The molecule has 112 valence electrons. The highest BCUT2D eigenvalue weighted by atomic mass is 28.4. The Kier molecular flexibility index (Phi) is 10.8. The molecule has 0 aromatic rings. The number of carbonyl (C=O) groups excluding carboxylic acids is 1. The smallest absolute Gasteiger partial charge is 0.436 e. The highest BCUT2D eigenvalue weighted by molar-refractivity contribution is 6.60. The first-order valence-corrected chi connectivity index (χ1v) is 8.61. The van der Waals surface area contributed by atoms with E-state index in [2.05, 4.69) is 6.92 Å². The number of ether oxygens (including phenoxy) is 1. The second-order valence-corrected chi connectivity index (χ2v) is 7.10. The fraction of sp³-hybridized carbons (Fsp3) is 0.769. The van der Waals surface area contributed by atoms with Gasteiger partial charge in [0.1, 0.15) is 0 Å². The average Bonchev–Trinajstić information content (AvgIpc) is 2.42. The molecule has 0 saturated carbocycles. The van der Waals surface area contributed by atoms with Crippen molar-refractivity contribution < 1.29 is 22.8 Å². The minimum Gasteiger partial charge on any atom is -0.436 e. The lowest BCUT2D eigenvalue weighted by atomic mass is 10.2. The summed E-state index contributed by atoms with van der Waals surface area (Å²) < 4.78 is 21.2. The maximum atomic E-state index is 11.1. The third-order valence-electron chi connectivity index (χ3n) is 2.74. The van der Waals surface area contributed by atoms with Crippen molar-refractivity contribution in [1.29, 1.82) is 0 Å². The van der Waals surface area contributed by atoms with Gasteiger partial charge in [0.2, 0.25) is 0 Å². The van der Waals surface area contributed by atoms with Gasteiger partial charge in [-0.15, -0.1) is 0 Å². The minimum atomic E-state index is -2.68. The highest BCUT2D eigenvalue weighted by Crippen LogP contribution is 2.18. The summed E-state index contributed by atoms with van der Waals surface area (Å²) in [6, 6.07) is 0.737. The molecule has 0 aromatic carbocycles. The van der Waals surface area contributed by atoms with E-state index < -0.39 is 14.8 Å². The van der Waals surface area contributed by atoms with Crippen molar-refractivity contribution in [2.45, 2.75) is 45.6 Å². The summed E-state index contributed by atoms with van der Waals surface area (Å²) >= 11 is 0. The molecule has 0 fully saturated rings. The molecule has 0 atom stereocenters. The molecule has 0 aliphatic carbocycles. The predicted octanol–water partition coefficient (Wildman–Crippen LogP) is 2.89. The molecule has 0 amide bonds. The van der Waals surface area contributed by atoms with Gasteiger partial charge in [-0.3, -0.25) is 0 Å². The Morgan fingerprint density at radius 2 is 1.84 bits per heavy atom. The molecule has 0 heterocycles. The second-order valence-electron chi connectivity index (χ2n) is 4.13. The van der Waals surface area contributed by atoms with E-state index >= 15 is 0 Å². The van der Waals surface area contributed by atoms with Crippen molar-refractivity contribution in [1.82, 2.24) is 0 Å². The number of unbranched alkanes of at least 4 members (excludes halogenated alkanes) is 3. The second kappa shape index (κ2) is 11.2. The van der Waals surface area contributed by atoms with E-state index in [1.54, 1.807) is 27.2 Å². The molecular formula is C13H26O5Si. The first-order valence-electron chi connectivity index (χ1n) is 6.67. The highest BCUT2D eigenvalue weighted by Gasteiger charge is 2.38. The van der Waals surface area contributed by atoms with Crippen molar-refractivity contribution in [3.05, 3.63) is 12.2 Å². The molecule has 5 nitrogen and oxygen atoms in total. The third kappa shape index (κ3) is 8.15. The maximum absolute atomic E-state index is 11.1. The Balaban J connectivity index is 4.10. The maximum Gasteiger partial charge on any atom is 0.502 e. The van der Waals surface area contributed by atoms with E-state index in [9.17, 15) is 4.79 Å². The van der Waals surface area contributed by atoms with E-state index in [0.29, 0.717) is 0 Å². The van der Waals surface area contributed by atoms with Crippen LogP contribution in [0.2, 0.25) is 6.04 Å². The van der Waals surface area contributed by atoms with Crippen LogP contribution >= 0.6 is 0 Å². The molecule has 0 aliphatic heterocycles. The van der Waals surface area contributed by atoms with Crippen LogP contribution in [0.15, 0.2) is 12.2 Å². The van der Waals surface area contributed by atoms with Gasteiger partial charge in [-0.1, -0.05) is 32.3 Å². The van der Waals surface area contributed by atoms with E-state index in [1.807, 2.05) is 0 Å². The van der Waals surface area contributed by atoms with Crippen molar-refractivity contribution in [2.24, 2.45) is 0 Å². The zero-order valence-corrected chi connectivity index (χ0v) is 13.4. The molecule has 19 heavy (non-hydrogen) atoms. The third-order valence-corrected chi connectivity index (χ3v) is 5.51. The summed E-state index contributed by atoms with van der Waals surface area (Å²) in [5.41, 5.74) is 0. The summed E-state index contributed by atoms with van der Waals surface area (Å²) in [6.07, 6.45) is 7.44. The lowest BCUT2D eigenvalue weighted by molar-refractivity contribution is -0.146. The normalized spacial score (nSPS) is 12.0. The van der Waals surface area contributed by atoms with Crippen LogP contribution in [0.4, 0.5) is 0 Å². The van der Waals surface area contributed by atoms with Crippen molar-refractivity contribution in [3.8, 4) is 0 Å². The molecule has 0 aromatic heterocycles. The number of hydrogen-bond donors (Lipinski definition) is 0. The first kappa shape index (κ1) is 18.3. The number of allylic oxidation sites excluding steroid dienone is 1. The van der Waals surface area contributed by atoms with E-state index in [1.165, 1.54) is 18.9 Å². The molecule has 0 saturated heterocycles. The van der Waals surface area contributed by atoms with Crippen molar-refractivity contribution >= 4 is 14.8 Å². The Morgan fingerprint density at radius 3 is 2.37 bits per heavy atom. The van der Waals surface area contributed by atoms with Gasteiger partial charge in [0.05, 0.1) is 0 Å². The summed E-state index contributed by atoms with van der Waals surface area (Å²) in [7, 11) is 0.461. The van der Waals surface area contributed by atoms with Gasteiger partial charge in [-0.05, 0) is 13.3 Å². The van der Waals surface area contributed by atoms with Crippen molar-refractivity contribution in [3.63, 3.8) is 0 Å². The zero-order valence-electron chi connectivity index (χ0n) is 12.4. The fourth-order valence-electron chi connectivity index (χ4n) is 1.61. The number of esters is 1. The lowest BCUT2D eigenvalue weighted by Crippen LogP contribution is -2.44. The largest absolute Gasteiger partial charge is 0.502 e. The Bertz CT molecular complexity index is 264. The summed E-state index contributed by atoms with van der Waals surface area (Å²) in [4.78, 5) is 11.1. The van der Waals surface area contributed by atoms with Gasteiger partial charge in [-0.25, -0.2) is 4.79 Å². The van der Waals surface area contributed by atoms with Gasteiger partial charge >= 0.3 is 14.8 Å². The molecular weight excluding hydrogens is 264 g/mol. The first-order chi connectivity index (χ1) is 9.14. The van der Waals surface area contributed by atoms with Gasteiger partial charge in [0.15, 0.2) is 6.79 Å². The summed E-state index contributed by atoms with van der Waals surface area (Å²) in [6.45, 7) is 3.78. The van der Waals surface area contributed by atoms with Crippen LogP contribution in [0.5, 0.6) is 0 Å². The van der Waals surface area contributed by atoms with Crippen LogP contribution in [-0.4, -0.2) is 35.8 Å². The van der Waals surface area contributed by atoms with Crippen LogP contribution in [0, 0.1) is 0 Å². The average molecular weight is 290 g/mol. The van der Waals surface area contributed by atoms with Gasteiger partial charge in [0.25, 0.3) is 0 Å².